The van der Waals surface area contributed by atoms with E-state index in [0.717, 1.165) is 39.5 Å². The smallest absolute Gasteiger partial charge is 0.237 e. The normalized spacial score (nSPS) is 15.5. The van der Waals surface area contributed by atoms with Gasteiger partial charge < -0.3 is 5.32 Å². The summed E-state index contributed by atoms with van der Waals surface area (Å²) in [6.45, 7) is 8.58. The first-order valence-electron chi connectivity index (χ1n) is 11.5. The molecule has 1 atom stereocenters. The molecule has 0 aliphatic heterocycles. The third-order valence-corrected chi connectivity index (χ3v) is 7.71. The van der Waals surface area contributed by atoms with Crippen molar-refractivity contribution in [2.75, 3.05) is 5.32 Å². The summed E-state index contributed by atoms with van der Waals surface area (Å²) < 4.78 is 3.25. The molecule has 1 saturated carbocycles. The van der Waals surface area contributed by atoms with Crippen molar-refractivity contribution in [3.63, 3.8) is 0 Å². The first-order chi connectivity index (χ1) is 15.7. The number of benzene rings is 2. The van der Waals surface area contributed by atoms with E-state index in [9.17, 15) is 4.79 Å². The second kappa shape index (κ2) is 10.0. The van der Waals surface area contributed by atoms with Gasteiger partial charge in [-0.2, -0.15) is 0 Å². The van der Waals surface area contributed by atoms with Gasteiger partial charge in [-0.1, -0.05) is 85.6 Å². The fourth-order valence-electron chi connectivity index (χ4n) is 4.15. The highest BCUT2D eigenvalue weighted by Gasteiger charge is 2.27. The van der Waals surface area contributed by atoms with Crippen LogP contribution in [0.3, 0.4) is 0 Å². The third-order valence-electron chi connectivity index (χ3n) is 6.13. The maximum absolute atomic E-state index is 12.8. The monoisotopic (exact) mass is 526 g/mol. The fraction of sp³-hybridized carbons (Fsp3) is 0.423. The number of hydrogen-bond acceptors (Lipinski definition) is 4. The van der Waals surface area contributed by atoms with E-state index < -0.39 is 0 Å². The Hall–Kier alpha value is -2.12. The zero-order valence-electron chi connectivity index (χ0n) is 19.6. The standard InChI is InChI=1S/C26H31BrN4OS/c1-17(24(32)28-21-15-13-20(27)14-16-21)33-25-30-29-23(31(25)22-7-5-6-8-22)18-9-11-19(12-10-18)26(2,3)4/h9-17,22H,5-8H2,1-4H3,(H,28,32). The third kappa shape index (κ3) is 5.69. The summed E-state index contributed by atoms with van der Waals surface area (Å²) in [6, 6.07) is 16.7. The van der Waals surface area contributed by atoms with Crippen molar-refractivity contribution >= 4 is 39.3 Å². The zero-order chi connectivity index (χ0) is 23.6. The molecule has 2 aromatic carbocycles. The van der Waals surface area contributed by atoms with E-state index in [1.165, 1.54) is 30.2 Å². The molecular weight excluding hydrogens is 496 g/mol. The molecule has 174 valence electrons. The highest BCUT2D eigenvalue weighted by atomic mass is 79.9. The van der Waals surface area contributed by atoms with Crippen LogP contribution in [0.15, 0.2) is 58.2 Å². The summed E-state index contributed by atoms with van der Waals surface area (Å²) in [5.41, 5.74) is 3.26. The van der Waals surface area contributed by atoms with Crippen LogP contribution < -0.4 is 5.32 Å². The minimum Gasteiger partial charge on any atom is -0.325 e. The Bertz CT molecular complexity index is 1100. The van der Waals surface area contributed by atoms with Crippen LogP contribution in [0.1, 0.15) is 65.0 Å². The maximum Gasteiger partial charge on any atom is 0.237 e. The number of halogens is 1. The van der Waals surface area contributed by atoms with Gasteiger partial charge in [0.05, 0.1) is 5.25 Å². The van der Waals surface area contributed by atoms with Crippen molar-refractivity contribution < 1.29 is 4.79 Å². The van der Waals surface area contributed by atoms with Crippen LogP contribution in [-0.2, 0) is 10.2 Å². The summed E-state index contributed by atoms with van der Waals surface area (Å²) in [6.07, 6.45) is 4.68. The van der Waals surface area contributed by atoms with E-state index in [1.54, 1.807) is 0 Å². The lowest BCUT2D eigenvalue weighted by atomic mass is 9.86. The molecule has 1 heterocycles. The molecule has 1 aliphatic carbocycles. The second-order valence-electron chi connectivity index (χ2n) is 9.70. The average Bonchev–Trinajstić information content (AvgIpc) is 3.44. The highest BCUT2D eigenvalue weighted by Crippen LogP contribution is 2.38. The molecule has 7 heteroatoms. The summed E-state index contributed by atoms with van der Waals surface area (Å²) in [4.78, 5) is 12.8. The van der Waals surface area contributed by atoms with Crippen LogP contribution in [0.2, 0.25) is 0 Å². The van der Waals surface area contributed by atoms with E-state index in [-0.39, 0.29) is 16.6 Å². The van der Waals surface area contributed by atoms with E-state index in [4.69, 9.17) is 0 Å². The molecule has 1 amide bonds. The van der Waals surface area contributed by atoms with Gasteiger partial charge in [0.15, 0.2) is 11.0 Å². The molecule has 33 heavy (non-hydrogen) atoms. The number of thioether (sulfide) groups is 1. The number of aromatic nitrogens is 3. The van der Waals surface area contributed by atoms with E-state index in [0.29, 0.717) is 6.04 Å². The van der Waals surface area contributed by atoms with Crippen molar-refractivity contribution in [3.05, 3.63) is 58.6 Å². The Balaban J connectivity index is 1.57. The van der Waals surface area contributed by atoms with Crippen molar-refractivity contribution in [3.8, 4) is 11.4 Å². The van der Waals surface area contributed by atoms with Crippen molar-refractivity contribution in [2.45, 2.75) is 75.2 Å². The fourth-order valence-corrected chi connectivity index (χ4v) is 5.34. The van der Waals surface area contributed by atoms with Crippen molar-refractivity contribution in [2.24, 2.45) is 0 Å². The van der Waals surface area contributed by atoms with Gasteiger partial charge in [-0.05, 0) is 55.0 Å². The lowest BCUT2D eigenvalue weighted by molar-refractivity contribution is -0.115. The molecule has 0 spiro atoms. The number of carbonyl (C=O) groups is 1. The summed E-state index contributed by atoms with van der Waals surface area (Å²) in [7, 11) is 0. The van der Waals surface area contributed by atoms with Gasteiger partial charge in [0.25, 0.3) is 0 Å². The van der Waals surface area contributed by atoms with Crippen LogP contribution in [-0.4, -0.2) is 25.9 Å². The van der Waals surface area contributed by atoms with Crippen LogP contribution >= 0.6 is 27.7 Å². The molecule has 0 radical (unpaired) electrons. The Morgan fingerprint density at radius 1 is 1.06 bits per heavy atom. The molecule has 0 saturated heterocycles. The number of nitrogens with zero attached hydrogens (tertiary/aromatic N) is 3. The minimum absolute atomic E-state index is 0.0422. The Morgan fingerprint density at radius 2 is 1.70 bits per heavy atom. The molecule has 1 aliphatic rings. The van der Waals surface area contributed by atoms with Gasteiger partial charge in [0, 0.05) is 21.8 Å². The first kappa shape index (κ1) is 24.0. The Morgan fingerprint density at radius 3 is 2.30 bits per heavy atom. The predicted octanol–water partition coefficient (Wildman–Crippen LogP) is 7.24. The molecule has 1 N–H and O–H groups in total. The molecule has 3 aromatic rings. The summed E-state index contributed by atoms with van der Waals surface area (Å²) >= 11 is 4.90. The number of anilines is 1. The largest absolute Gasteiger partial charge is 0.325 e. The average molecular weight is 528 g/mol. The van der Waals surface area contributed by atoms with E-state index in [1.807, 2.05) is 31.2 Å². The lowest BCUT2D eigenvalue weighted by Crippen LogP contribution is -2.23. The van der Waals surface area contributed by atoms with Crippen molar-refractivity contribution in [1.29, 1.82) is 0 Å². The molecular formula is C26H31BrN4OS. The molecule has 5 nitrogen and oxygen atoms in total. The van der Waals surface area contributed by atoms with E-state index >= 15 is 0 Å². The second-order valence-corrected chi connectivity index (χ2v) is 11.9. The number of carbonyl (C=O) groups excluding carboxylic acids is 1. The molecule has 1 aromatic heterocycles. The van der Waals surface area contributed by atoms with Crippen LogP contribution in [0.25, 0.3) is 11.4 Å². The van der Waals surface area contributed by atoms with Crippen LogP contribution in [0, 0.1) is 0 Å². The van der Waals surface area contributed by atoms with Gasteiger partial charge in [-0.25, -0.2) is 0 Å². The molecule has 4 rings (SSSR count). The number of rotatable bonds is 6. The first-order valence-corrected chi connectivity index (χ1v) is 13.2. The molecule has 1 fully saturated rings. The quantitative estimate of drug-likeness (QED) is 0.344. The zero-order valence-corrected chi connectivity index (χ0v) is 22.0. The Kier molecular flexibility index (Phi) is 7.29. The van der Waals surface area contributed by atoms with Crippen molar-refractivity contribution in [1.82, 2.24) is 14.8 Å². The lowest BCUT2D eigenvalue weighted by Gasteiger charge is -2.20. The van der Waals surface area contributed by atoms with E-state index in [2.05, 4.69) is 81.0 Å². The predicted molar refractivity (Wildman–Crippen MR) is 140 cm³/mol. The van der Waals surface area contributed by atoms with Gasteiger partial charge >= 0.3 is 0 Å². The number of nitrogens with one attached hydrogen (secondary N) is 1. The number of hydrogen-bond donors (Lipinski definition) is 1. The number of amides is 1. The van der Waals surface area contributed by atoms with Gasteiger partial charge in [0.2, 0.25) is 5.91 Å². The highest BCUT2D eigenvalue weighted by molar-refractivity contribution is 9.10. The topological polar surface area (TPSA) is 59.8 Å². The Labute approximate surface area is 208 Å². The SMILES string of the molecule is CC(Sc1nnc(-c2ccc(C(C)(C)C)cc2)n1C1CCCC1)C(=O)Nc1ccc(Br)cc1. The van der Waals surface area contributed by atoms with Gasteiger partial charge in [-0.15, -0.1) is 10.2 Å². The van der Waals surface area contributed by atoms with Crippen LogP contribution in [0.4, 0.5) is 5.69 Å². The minimum atomic E-state index is -0.297. The van der Waals surface area contributed by atoms with Crippen LogP contribution in [0.5, 0.6) is 0 Å². The van der Waals surface area contributed by atoms with Gasteiger partial charge in [0.1, 0.15) is 0 Å². The van der Waals surface area contributed by atoms with Gasteiger partial charge in [-0.3, -0.25) is 9.36 Å². The maximum atomic E-state index is 12.8. The summed E-state index contributed by atoms with van der Waals surface area (Å²) in [5.74, 6) is 0.852. The molecule has 0 bridgehead atoms. The molecule has 1 unspecified atom stereocenters. The summed E-state index contributed by atoms with van der Waals surface area (Å²) in [5, 5.41) is 12.6.